The van der Waals surface area contributed by atoms with E-state index in [1.54, 1.807) is 11.0 Å². The van der Waals surface area contributed by atoms with E-state index >= 15 is 0 Å². The minimum atomic E-state index is -2.38. The van der Waals surface area contributed by atoms with Gasteiger partial charge in [-0.1, -0.05) is 75.0 Å². The molecule has 0 aromatic heterocycles. The third-order valence-corrected chi connectivity index (χ3v) is 20.8. The number of nitrogens with zero attached hydrogens (tertiary/aromatic N) is 2. The minimum Gasteiger partial charge on any atom is -0.540 e. The van der Waals surface area contributed by atoms with Crippen LogP contribution in [0.5, 0.6) is 11.5 Å². The second-order valence-corrected chi connectivity index (χ2v) is 25.5. The third-order valence-electron chi connectivity index (χ3n) is 10.2. The topological polar surface area (TPSA) is 77.5 Å². The molecule has 0 spiro atoms. The first-order chi connectivity index (χ1) is 20.4. The quantitative estimate of drug-likeness (QED) is 0.178. The van der Waals surface area contributed by atoms with Crippen LogP contribution in [-0.2, 0) is 9.16 Å². The van der Waals surface area contributed by atoms with Crippen molar-refractivity contribution >= 4 is 34.3 Å². The lowest BCUT2D eigenvalue weighted by Gasteiger charge is -2.42. The Balaban J connectivity index is 1.81. The molecular weight excluding hydrogens is 589 g/mol. The maximum absolute atomic E-state index is 14.4. The van der Waals surface area contributed by atoms with Crippen LogP contribution >= 0.6 is 0 Å². The van der Waals surface area contributed by atoms with Crippen molar-refractivity contribution in [2.75, 3.05) is 24.6 Å². The Morgan fingerprint density at radius 1 is 1.00 bits per heavy atom. The van der Waals surface area contributed by atoms with Gasteiger partial charge in [-0.3, -0.25) is 9.69 Å². The van der Waals surface area contributed by atoms with Crippen molar-refractivity contribution in [3.05, 3.63) is 30.4 Å². The second-order valence-electron chi connectivity index (χ2n) is 15.4. The molecule has 44 heavy (non-hydrogen) atoms. The maximum Gasteiger partial charge on any atom is 0.414 e. The predicted octanol–water partition coefficient (Wildman–Crippen LogP) is 8.53. The molecule has 1 saturated heterocycles. The molecule has 0 N–H and O–H groups in total. The number of carbonyl (C=O) groups excluding carboxylic acids is 2. The van der Waals surface area contributed by atoms with Crippen molar-refractivity contribution in [2.45, 2.75) is 135 Å². The molecule has 2 fully saturated rings. The van der Waals surface area contributed by atoms with Gasteiger partial charge in [0.1, 0.15) is 12.4 Å². The van der Waals surface area contributed by atoms with Gasteiger partial charge < -0.3 is 23.2 Å². The van der Waals surface area contributed by atoms with Gasteiger partial charge in [-0.2, -0.15) is 0 Å². The summed E-state index contributed by atoms with van der Waals surface area (Å²) in [5, 5.41) is 0.0517. The minimum absolute atomic E-state index is 0.0517. The van der Waals surface area contributed by atoms with Crippen molar-refractivity contribution < 1.29 is 27.9 Å². The second kappa shape index (κ2) is 12.8. The molecule has 10 heteroatoms. The molecule has 1 aromatic carbocycles. The monoisotopic (exact) mass is 644 g/mol. The van der Waals surface area contributed by atoms with Gasteiger partial charge in [-0.05, 0) is 60.1 Å². The molecule has 4 rings (SSSR count). The zero-order chi connectivity index (χ0) is 32.8. The molecule has 1 saturated carbocycles. The highest BCUT2D eigenvalue weighted by Crippen LogP contribution is 2.48. The summed E-state index contributed by atoms with van der Waals surface area (Å²) >= 11 is 0. The summed E-state index contributed by atoms with van der Waals surface area (Å²) in [4.78, 5) is 31.5. The zero-order valence-electron chi connectivity index (χ0n) is 29.0. The van der Waals surface area contributed by atoms with Crippen LogP contribution in [0.1, 0.15) is 91.9 Å². The van der Waals surface area contributed by atoms with Crippen LogP contribution in [0.25, 0.3) is 0 Å². The van der Waals surface area contributed by atoms with Crippen molar-refractivity contribution in [3.8, 4) is 11.5 Å². The highest BCUT2D eigenvalue weighted by atomic mass is 28.4. The normalized spacial score (nSPS) is 21.0. The Bertz CT molecular complexity index is 1220. The molecule has 8 nitrogen and oxygen atoms in total. The lowest BCUT2D eigenvalue weighted by molar-refractivity contribution is 0.0728. The number of anilines is 1. The van der Waals surface area contributed by atoms with E-state index in [9.17, 15) is 9.59 Å². The van der Waals surface area contributed by atoms with Gasteiger partial charge in [0.15, 0.2) is 14.1 Å². The highest BCUT2D eigenvalue weighted by molar-refractivity contribution is 6.78. The Hall–Kier alpha value is -2.31. The largest absolute Gasteiger partial charge is 0.540 e. The lowest BCUT2D eigenvalue weighted by atomic mass is 10.1. The Morgan fingerprint density at radius 3 is 2.14 bits per heavy atom. The first kappa shape index (κ1) is 34.6. The summed E-state index contributed by atoms with van der Waals surface area (Å²) in [7, 11) is -4.44. The van der Waals surface area contributed by atoms with Crippen LogP contribution in [0, 0.1) is 0 Å². The fraction of sp³-hybridized carbons (Fsp3) is 0.706. The van der Waals surface area contributed by atoms with E-state index in [4.69, 9.17) is 18.3 Å². The molecule has 2 aliphatic heterocycles. The van der Waals surface area contributed by atoms with Crippen LogP contribution in [0.3, 0.4) is 0 Å². The first-order valence-electron chi connectivity index (χ1n) is 16.5. The van der Waals surface area contributed by atoms with Crippen molar-refractivity contribution in [2.24, 2.45) is 0 Å². The van der Waals surface area contributed by atoms with E-state index in [1.807, 2.05) is 17.0 Å². The molecular formula is C34H56N2O6Si2. The van der Waals surface area contributed by atoms with E-state index in [-0.39, 0.29) is 35.8 Å². The van der Waals surface area contributed by atoms with Gasteiger partial charge in [-0.25, -0.2) is 4.79 Å². The Kier molecular flexibility index (Phi) is 10.1. The number of fused-ring (bicyclic) bond motifs is 2. The summed E-state index contributed by atoms with van der Waals surface area (Å²) in [6, 6.07) is 3.50. The molecule has 0 radical (unpaired) electrons. The molecule has 2 amide bonds. The first-order valence-corrected chi connectivity index (χ1v) is 21.5. The average Bonchev–Trinajstić information content (AvgIpc) is 3.66. The Labute approximate surface area is 267 Å². The maximum atomic E-state index is 14.4. The van der Waals surface area contributed by atoms with E-state index < -0.39 is 22.7 Å². The molecule has 2 heterocycles. The van der Waals surface area contributed by atoms with Gasteiger partial charge in [-0.15, -0.1) is 0 Å². The summed E-state index contributed by atoms with van der Waals surface area (Å²) in [6.07, 6.45) is 3.70. The average molecular weight is 645 g/mol. The lowest BCUT2D eigenvalue weighted by Crippen LogP contribution is -2.50. The standard InChI is InChI=1S/C34H56N2O6Si2/c1-13-16-39-33(38)36-20-25-17-27(41-43(11,12)34(8,9)10)21-35(25)32(37)28-18-30(40-26-14-15-26)31(19-29(28)36)42-44(22(2)3,23(4)5)24(6)7/h13,18-19,22-27H,1,14-17,20-21H2,2-12H3/t25-,27+/m0/s1. The predicted molar refractivity (Wildman–Crippen MR) is 182 cm³/mol. The van der Waals surface area contributed by atoms with E-state index in [1.165, 1.54) is 0 Å². The van der Waals surface area contributed by atoms with Crippen molar-refractivity contribution in [3.63, 3.8) is 0 Å². The van der Waals surface area contributed by atoms with Crippen LogP contribution in [0.15, 0.2) is 24.8 Å². The van der Waals surface area contributed by atoms with E-state index in [0.717, 1.165) is 12.8 Å². The molecule has 0 unspecified atom stereocenters. The van der Waals surface area contributed by atoms with Gasteiger partial charge in [0, 0.05) is 19.2 Å². The van der Waals surface area contributed by atoms with Crippen LogP contribution in [-0.4, -0.2) is 71.5 Å². The van der Waals surface area contributed by atoms with E-state index in [0.29, 0.717) is 58.9 Å². The van der Waals surface area contributed by atoms with Crippen LogP contribution in [0.2, 0.25) is 34.8 Å². The summed E-state index contributed by atoms with van der Waals surface area (Å²) in [6.45, 7) is 29.2. The number of hydrogen-bond donors (Lipinski definition) is 0. The molecule has 3 aliphatic rings. The smallest absolute Gasteiger partial charge is 0.414 e. The Morgan fingerprint density at radius 2 is 1.61 bits per heavy atom. The molecule has 1 aromatic rings. The zero-order valence-corrected chi connectivity index (χ0v) is 31.0. The highest BCUT2D eigenvalue weighted by Gasteiger charge is 2.49. The summed E-state index contributed by atoms with van der Waals surface area (Å²) in [5.74, 6) is 1.09. The SMILES string of the molecule is C=CCOC(=O)N1C[C@@H]2C[C@@H](O[Si](C)(C)C(C)(C)C)CN2C(=O)c2cc(OC3CC3)c(O[Si](C(C)C)(C(C)C)C(C)C)cc21. The fourth-order valence-electron chi connectivity index (χ4n) is 6.84. The van der Waals surface area contributed by atoms with Crippen LogP contribution in [0.4, 0.5) is 10.5 Å². The van der Waals surface area contributed by atoms with Crippen molar-refractivity contribution in [1.29, 1.82) is 0 Å². The number of benzene rings is 1. The molecule has 1 aliphatic carbocycles. The summed E-state index contributed by atoms with van der Waals surface area (Å²) in [5.41, 5.74) is 1.97. The van der Waals surface area contributed by atoms with Gasteiger partial charge in [0.05, 0.1) is 29.5 Å². The molecule has 0 bridgehead atoms. The summed E-state index contributed by atoms with van der Waals surface area (Å²) < 4.78 is 26.0. The van der Waals surface area contributed by atoms with Crippen molar-refractivity contribution in [1.82, 2.24) is 4.90 Å². The van der Waals surface area contributed by atoms with E-state index in [2.05, 4.69) is 82.0 Å². The number of rotatable bonds is 11. The van der Waals surface area contributed by atoms with Gasteiger partial charge >= 0.3 is 6.09 Å². The number of amides is 2. The third kappa shape index (κ3) is 6.77. The van der Waals surface area contributed by atoms with Gasteiger partial charge in [0.2, 0.25) is 0 Å². The molecule has 2 atom stereocenters. The number of carbonyl (C=O) groups is 2. The van der Waals surface area contributed by atoms with Gasteiger partial charge in [0.25, 0.3) is 14.2 Å². The molecule has 246 valence electrons. The number of ether oxygens (including phenoxy) is 2. The fourth-order valence-corrected chi connectivity index (χ4v) is 13.4. The van der Waals surface area contributed by atoms with Crippen LogP contribution < -0.4 is 14.1 Å². The number of hydrogen-bond acceptors (Lipinski definition) is 6.